The minimum absolute atomic E-state index is 0.154. The number of anilines is 1. The van der Waals surface area contributed by atoms with Crippen molar-refractivity contribution in [2.24, 2.45) is 5.73 Å². The molecular weight excluding hydrogens is 351 g/mol. The molecule has 5 nitrogen and oxygen atoms in total. The average Bonchev–Trinajstić information content (AvgIpc) is 3.08. The van der Waals surface area contributed by atoms with E-state index in [0.717, 1.165) is 28.7 Å². The van der Waals surface area contributed by atoms with Crippen molar-refractivity contribution in [3.8, 4) is 10.4 Å². The molecule has 4 rings (SSSR count). The standard InChI is InChI=1S/C19H19FN4OS/c20-12-6-4-5-11(9-12)15-10-14-17(26-15)16(18(21)25)23-24-19(14)22-13-7-2-1-3-8-13/h4-6,9-10,13H,1-3,7-8H2,(H2,21,25)(H,22,24). The van der Waals surface area contributed by atoms with Crippen molar-refractivity contribution in [2.45, 2.75) is 38.1 Å². The van der Waals surface area contributed by atoms with Gasteiger partial charge in [0.15, 0.2) is 11.5 Å². The highest BCUT2D eigenvalue weighted by atomic mass is 32.1. The van der Waals surface area contributed by atoms with Gasteiger partial charge in [0.2, 0.25) is 0 Å². The maximum Gasteiger partial charge on any atom is 0.270 e. The van der Waals surface area contributed by atoms with Crippen LogP contribution in [-0.4, -0.2) is 22.1 Å². The molecule has 0 atom stereocenters. The van der Waals surface area contributed by atoms with E-state index in [4.69, 9.17) is 5.73 Å². The van der Waals surface area contributed by atoms with Crippen LogP contribution < -0.4 is 11.1 Å². The topological polar surface area (TPSA) is 80.9 Å². The van der Waals surface area contributed by atoms with E-state index in [0.29, 0.717) is 16.6 Å². The van der Waals surface area contributed by atoms with Gasteiger partial charge in [0.25, 0.3) is 5.91 Å². The number of thiophene rings is 1. The monoisotopic (exact) mass is 370 g/mol. The normalized spacial score (nSPS) is 15.3. The molecule has 3 N–H and O–H groups in total. The minimum atomic E-state index is -0.612. The lowest BCUT2D eigenvalue weighted by atomic mass is 9.95. The molecule has 0 radical (unpaired) electrons. The molecule has 7 heteroatoms. The van der Waals surface area contributed by atoms with Gasteiger partial charge >= 0.3 is 0 Å². The summed E-state index contributed by atoms with van der Waals surface area (Å²) in [6.45, 7) is 0. The Balaban J connectivity index is 1.80. The Morgan fingerprint density at radius 1 is 1.19 bits per heavy atom. The van der Waals surface area contributed by atoms with Crippen molar-refractivity contribution >= 4 is 33.1 Å². The van der Waals surface area contributed by atoms with Crippen LogP contribution in [-0.2, 0) is 0 Å². The predicted octanol–water partition coefficient (Wildman–Crippen LogP) is 4.34. The molecule has 3 aromatic rings. The van der Waals surface area contributed by atoms with Gasteiger partial charge in [0, 0.05) is 16.3 Å². The van der Waals surface area contributed by atoms with E-state index in [-0.39, 0.29) is 11.5 Å². The van der Waals surface area contributed by atoms with E-state index in [1.54, 1.807) is 6.07 Å². The fraction of sp³-hybridized carbons (Fsp3) is 0.316. The number of carbonyl (C=O) groups excluding carboxylic acids is 1. The fourth-order valence-corrected chi connectivity index (χ4v) is 4.58. The van der Waals surface area contributed by atoms with E-state index >= 15 is 0 Å². The summed E-state index contributed by atoms with van der Waals surface area (Å²) in [4.78, 5) is 12.6. The number of fused-ring (bicyclic) bond motifs is 1. The van der Waals surface area contributed by atoms with Gasteiger partial charge in [-0.05, 0) is 36.6 Å². The number of hydrogen-bond acceptors (Lipinski definition) is 5. The Bertz CT molecular complexity index is 965. The van der Waals surface area contributed by atoms with Gasteiger partial charge in [-0.1, -0.05) is 31.4 Å². The van der Waals surface area contributed by atoms with Crippen LogP contribution in [0.4, 0.5) is 10.2 Å². The van der Waals surface area contributed by atoms with Crippen molar-refractivity contribution in [1.82, 2.24) is 10.2 Å². The molecule has 26 heavy (non-hydrogen) atoms. The molecule has 1 aliphatic rings. The van der Waals surface area contributed by atoms with Crippen molar-refractivity contribution in [3.63, 3.8) is 0 Å². The first-order chi connectivity index (χ1) is 12.6. The first kappa shape index (κ1) is 16.9. The van der Waals surface area contributed by atoms with Gasteiger partial charge in [0.05, 0.1) is 4.70 Å². The zero-order chi connectivity index (χ0) is 18.1. The summed E-state index contributed by atoms with van der Waals surface area (Å²) in [6.07, 6.45) is 5.86. The molecule has 1 saturated carbocycles. The molecule has 1 amide bonds. The number of nitrogens with two attached hydrogens (primary N) is 1. The van der Waals surface area contributed by atoms with Crippen LogP contribution in [0.1, 0.15) is 42.6 Å². The lowest BCUT2D eigenvalue weighted by molar-refractivity contribution is 0.0996. The SMILES string of the molecule is NC(=O)c1nnc(NC2CCCCC2)c2cc(-c3cccc(F)c3)sc12. The number of nitrogens with one attached hydrogen (secondary N) is 1. The Morgan fingerprint density at radius 2 is 2.00 bits per heavy atom. The van der Waals surface area contributed by atoms with Crippen molar-refractivity contribution in [1.29, 1.82) is 0 Å². The fourth-order valence-electron chi connectivity index (χ4n) is 3.43. The number of nitrogens with zero attached hydrogens (tertiary/aromatic N) is 2. The van der Waals surface area contributed by atoms with E-state index in [1.165, 1.54) is 42.7 Å². The maximum atomic E-state index is 13.6. The summed E-state index contributed by atoms with van der Waals surface area (Å²) in [5.74, 6) is -0.248. The number of rotatable bonds is 4. The van der Waals surface area contributed by atoms with Crippen LogP contribution in [0.5, 0.6) is 0 Å². The largest absolute Gasteiger partial charge is 0.365 e. The number of hydrogen-bond donors (Lipinski definition) is 2. The Labute approximate surface area is 154 Å². The van der Waals surface area contributed by atoms with E-state index in [9.17, 15) is 9.18 Å². The summed E-state index contributed by atoms with van der Waals surface area (Å²) in [6, 6.07) is 8.68. The maximum absolute atomic E-state index is 13.6. The third kappa shape index (κ3) is 3.26. The summed E-state index contributed by atoms with van der Waals surface area (Å²) in [7, 11) is 0. The zero-order valence-electron chi connectivity index (χ0n) is 14.2. The second kappa shape index (κ2) is 6.99. The van der Waals surface area contributed by atoms with Crippen LogP contribution in [0.3, 0.4) is 0 Å². The summed E-state index contributed by atoms with van der Waals surface area (Å²) < 4.78 is 14.3. The van der Waals surface area contributed by atoms with Gasteiger partial charge in [0.1, 0.15) is 5.82 Å². The van der Waals surface area contributed by atoms with Gasteiger partial charge in [-0.15, -0.1) is 21.5 Å². The molecule has 134 valence electrons. The van der Waals surface area contributed by atoms with Gasteiger partial charge in [-0.2, -0.15) is 0 Å². The van der Waals surface area contributed by atoms with Crippen LogP contribution in [0.2, 0.25) is 0 Å². The highest BCUT2D eigenvalue weighted by Crippen LogP contribution is 2.38. The van der Waals surface area contributed by atoms with Crippen LogP contribution in [0, 0.1) is 5.82 Å². The number of amides is 1. The highest BCUT2D eigenvalue weighted by Gasteiger charge is 2.20. The molecule has 0 unspecified atom stereocenters. The van der Waals surface area contributed by atoms with E-state index in [1.807, 2.05) is 12.1 Å². The smallest absolute Gasteiger partial charge is 0.270 e. The van der Waals surface area contributed by atoms with Crippen LogP contribution in [0.25, 0.3) is 20.5 Å². The average molecular weight is 370 g/mol. The summed E-state index contributed by atoms with van der Waals surface area (Å²) >= 11 is 1.38. The lowest BCUT2D eigenvalue weighted by Crippen LogP contribution is -2.23. The van der Waals surface area contributed by atoms with E-state index < -0.39 is 5.91 Å². The first-order valence-corrected chi connectivity index (χ1v) is 9.56. The number of benzene rings is 1. The zero-order valence-corrected chi connectivity index (χ0v) is 15.0. The van der Waals surface area contributed by atoms with Crippen LogP contribution in [0.15, 0.2) is 30.3 Å². The summed E-state index contributed by atoms with van der Waals surface area (Å²) in [5.41, 5.74) is 6.38. The third-order valence-corrected chi connectivity index (χ3v) is 5.93. The molecule has 1 fully saturated rings. The molecular formula is C19H19FN4OS. The molecule has 0 bridgehead atoms. The minimum Gasteiger partial charge on any atom is -0.365 e. The Hall–Kier alpha value is -2.54. The Morgan fingerprint density at radius 3 is 2.73 bits per heavy atom. The second-order valence-corrected chi connectivity index (χ2v) is 7.66. The molecule has 0 saturated heterocycles. The number of halogens is 1. The van der Waals surface area contributed by atoms with Crippen molar-refractivity contribution in [2.75, 3.05) is 5.32 Å². The van der Waals surface area contributed by atoms with Crippen molar-refractivity contribution < 1.29 is 9.18 Å². The Kier molecular flexibility index (Phi) is 4.55. The van der Waals surface area contributed by atoms with Gasteiger partial charge in [-0.3, -0.25) is 4.79 Å². The highest BCUT2D eigenvalue weighted by molar-refractivity contribution is 7.22. The van der Waals surface area contributed by atoms with Crippen molar-refractivity contribution in [3.05, 3.63) is 41.8 Å². The van der Waals surface area contributed by atoms with Gasteiger partial charge < -0.3 is 11.1 Å². The van der Waals surface area contributed by atoms with E-state index in [2.05, 4.69) is 15.5 Å². The molecule has 0 spiro atoms. The van der Waals surface area contributed by atoms with Gasteiger partial charge in [-0.25, -0.2) is 4.39 Å². The molecule has 1 aromatic carbocycles. The molecule has 0 aliphatic heterocycles. The summed E-state index contributed by atoms with van der Waals surface area (Å²) in [5, 5.41) is 12.5. The quantitative estimate of drug-likeness (QED) is 0.716. The predicted molar refractivity (Wildman–Crippen MR) is 102 cm³/mol. The lowest BCUT2D eigenvalue weighted by Gasteiger charge is -2.23. The van der Waals surface area contributed by atoms with Crippen LogP contribution >= 0.6 is 11.3 Å². The molecule has 2 heterocycles. The molecule has 1 aliphatic carbocycles. The second-order valence-electron chi connectivity index (χ2n) is 6.60. The third-order valence-electron chi connectivity index (χ3n) is 4.74. The number of carbonyl (C=O) groups is 1. The first-order valence-electron chi connectivity index (χ1n) is 8.74. The molecule has 2 aromatic heterocycles. The number of aromatic nitrogens is 2. The number of primary amides is 1.